The van der Waals surface area contributed by atoms with Gasteiger partial charge in [0.2, 0.25) is 5.28 Å². The summed E-state index contributed by atoms with van der Waals surface area (Å²) in [5.41, 5.74) is 0.477. The van der Waals surface area contributed by atoms with E-state index in [2.05, 4.69) is 20.3 Å². The number of fused-ring (bicyclic) bond motifs is 1. The highest BCUT2D eigenvalue weighted by Crippen LogP contribution is 2.19. The van der Waals surface area contributed by atoms with E-state index in [0.717, 1.165) is 0 Å². The van der Waals surface area contributed by atoms with Gasteiger partial charge < -0.3 is 10.4 Å². The van der Waals surface area contributed by atoms with Crippen molar-refractivity contribution in [3.63, 3.8) is 0 Å². The highest BCUT2D eigenvalue weighted by molar-refractivity contribution is 6.28. The monoisotopic (exact) mass is 252 g/mol. The SMILES string of the molecule is O=C(O)CCNc1nc(Cl)nc2ncccc12. The van der Waals surface area contributed by atoms with Crippen LogP contribution in [0.25, 0.3) is 11.0 Å². The van der Waals surface area contributed by atoms with E-state index in [9.17, 15) is 4.79 Å². The zero-order valence-corrected chi connectivity index (χ0v) is 9.48. The number of anilines is 1. The van der Waals surface area contributed by atoms with Crippen LogP contribution in [-0.2, 0) is 4.79 Å². The van der Waals surface area contributed by atoms with Crippen molar-refractivity contribution < 1.29 is 9.90 Å². The van der Waals surface area contributed by atoms with Crippen LogP contribution in [0.15, 0.2) is 18.3 Å². The van der Waals surface area contributed by atoms with Crippen molar-refractivity contribution in [3.05, 3.63) is 23.6 Å². The zero-order chi connectivity index (χ0) is 12.3. The minimum Gasteiger partial charge on any atom is -0.481 e. The lowest BCUT2D eigenvalue weighted by molar-refractivity contribution is -0.136. The van der Waals surface area contributed by atoms with Gasteiger partial charge in [0.15, 0.2) is 5.65 Å². The lowest BCUT2D eigenvalue weighted by atomic mass is 10.3. The Kier molecular flexibility index (Phi) is 3.34. The Labute approximate surface area is 102 Å². The van der Waals surface area contributed by atoms with E-state index in [0.29, 0.717) is 16.9 Å². The molecule has 2 aromatic rings. The molecule has 0 saturated heterocycles. The predicted octanol–water partition coefficient (Wildman–Crippen LogP) is 1.56. The van der Waals surface area contributed by atoms with Crippen LogP contribution in [0.3, 0.4) is 0 Å². The van der Waals surface area contributed by atoms with Crippen LogP contribution in [-0.4, -0.2) is 32.6 Å². The van der Waals surface area contributed by atoms with Crippen LogP contribution >= 0.6 is 11.6 Å². The van der Waals surface area contributed by atoms with E-state index in [1.54, 1.807) is 18.3 Å². The molecule has 88 valence electrons. The highest BCUT2D eigenvalue weighted by Gasteiger charge is 2.07. The number of carboxylic acids is 1. The molecule has 0 radical (unpaired) electrons. The number of carbonyl (C=O) groups is 1. The molecule has 2 rings (SSSR count). The van der Waals surface area contributed by atoms with Crippen LogP contribution < -0.4 is 5.32 Å². The molecule has 0 aliphatic carbocycles. The van der Waals surface area contributed by atoms with Crippen molar-refractivity contribution >= 4 is 34.4 Å². The lowest BCUT2D eigenvalue weighted by Gasteiger charge is -2.06. The minimum atomic E-state index is -0.875. The first-order valence-corrected chi connectivity index (χ1v) is 5.28. The molecule has 0 atom stereocenters. The summed E-state index contributed by atoms with van der Waals surface area (Å²) in [6.45, 7) is 0.271. The molecule has 0 aliphatic heterocycles. The molecule has 6 nitrogen and oxygen atoms in total. The second-order valence-corrected chi connectivity index (χ2v) is 3.62. The fourth-order valence-electron chi connectivity index (χ4n) is 1.36. The second kappa shape index (κ2) is 4.92. The van der Waals surface area contributed by atoms with E-state index in [1.807, 2.05) is 0 Å². The number of halogens is 1. The summed E-state index contributed by atoms with van der Waals surface area (Å²) in [4.78, 5) is 22.4. The predicted molar refractivity (Wildman–Crippen MR) is 63.1 cm³/mol. The van der Waals surface area contributed by atoms with Crippen molar-refractivity contribution in [2.45, 2.75) is 6.42 Å². The van der Waals surface area contributed by atoms with Crippen molar-refractivity contribution in [3.8, 4) is 0 Å². The number of aromatic nitrogens is 3. The normalized spacial score (nSPS) is 10.4. The fraction of sp³-hybridized carbons (Fsp3) is 0.200. The summed E-state index contributed by atoms with van der Waals surface area (Å²) in [6, 6.07) is 3.55. The third-order valence-electron chi connectivity index (χ3n) is 2.08. The molecule has 0 saturated carbocycles. The summed E-state index contributed by atoms with van der Waals surface area (Å²) < 4.78 is 0. The van der Waals surface area contributed by atoms with Crippen molar-refractivity contribution in [2.24, 2.45) is 0 Å². The Morgan fingerprint density at radius 1 is 1.47 bits per heavy atom. The highest BCUT2D eigenvalue weighted by atomic mass is 35.5. The van der Waals surface area contributed by atoms with Gasteiger partial charge in [-0.3, -0.25) is 4.79 Å². The third kappa shape index (κ3) is 2.79. The first kappa shape index (κ1) is 11.5. The average Bonchev–Trinajstić information content (AvgIpc) is 2.28. The fourth-order valence-corrected chi connectivity index (χ4v) is 1.52. The molecule has 2 N–H and O–H groups in total. The summed E-state index contributed by atoms with van der Waals surface area (Å²) in [5, 5.41) is 12.2. The Bertz CT molecular complexity index is 561. The van der Waals surface area contributed by atoms with E-state index >= 15 is 0 Å². The molecule has 0 spiro atoms. The van der Waals surface area contributed by atoms with Crippen LogP contribution in [0.4, 0.5) is 5.82 Å². The second-order valence-electron chi connectivity index (χ2n) is 3.29. The average molecular weight is 253 g/mol. The van der Waals surface area contributed by atoms with Gasteiger partial charge in [0.05, 0.1) is 11.8 Å². The van der Waals surface area contributed by atoms with E-state index in [4.69, 9.17) is 16.7 Å². The van der Waals surface area contributed by atoms with Crippen LogP contribution in [0, 0.1) is 0 Å². The standard InChI is InChI=1S/C10H9ClN4O2/c11-10-14-8-6(2-1-4-12-8)9(15-10)13-5-3-7(16)17/h1-2,4H,3,5H2,(H,16,17)(H,12,13,14,15). The van der Waals surface area contributed by atoms with Gasteiger partial charge >= 0.3 is 5.97 Å². The van der Waals surface area contributed by atoms with Crippen molar-refractivity contribution in [2.75, 3.05) is 11.9 Å². The molecule has 2 heterocycles. The maximum Gasteiger partial charge on any atom is 0.305 e. The summed E-state index contributed by atoms with van der Waals surface area (Å²) in [5.74, 6) is -0.380. The van der Waals surface area contributed by atoms with E-state index < -0.39 is 5.97 Å². The van der Waals surface area contributed by atoms with Gasteiger partial charge in [0, 0.05) is 12.7 Å². The number of carboxylic acid groups (broad SMARTS) is 1. The van der Waals surface area contributed by atoms with Gasteiger partial charge in [-0.25, -0.2) is 9.97 Å². The van der Waals surface area contributed by atoms with Crippen LogP contribution in [0.1, 0.15) is 6.42 Å². The van der Waals surface area contributed by atoms with Gasteiger partial charge in [-0.05, 0) is 23.7 Å². The topological polar surface area (TPSA) is 88.0 Å². The number of pyridine rings is 1. The number of aliphatic carboxylic acids is 1. The van der Waals surface area contributed by atoms with Gasteiger partial charge in [-0.2, -0.15) is 4.98 Å². The largest absolute Gasteiger partial charge is 0.481 e. The molecule has 0 aliphatic rings. The number of rotatable bonds is 4. The number of nitrogens with zero attached hydrogens (tertiary/aromatic N) is 3. The first-order chi connectivity index (χ1) is 8.16. The zero-order valence-electron chi connectivity index (χ0n) is 8.72. The molecule has 0 fully saturated rings. The van der Waals surface area contributed by atoms with Gasteiger partial charge in [0.25, 0.3) is 0 Å². The van der Waals surface area contributed by atoms with E-state index in [-0.39, 0.29) is 18.2 Å². The maximum absolute atomic E-state index is 10.4. The van der Waals surface area contributed by atoms with Crippen LogP contribution in [0.2, 0.25) is 5.28 Å². The number of nitrogens with one attached hydrogen (secondary N) is 1. The summed E-state index contributed by atoms with van der Waals surface area (Å²) >= 11 is 5.75. The van der Waals surface area contributed by atoms with Gasteiger partial charge in [-0.15, -0.1) is 0 Å². The first-order valence-electron chi connectivity index (χ1n) is 4.91. The Balaban J connectivity index is 2.29. The Morgan fingerprint density at radius 3 is 3.06 bits per heavy atom. The quantitative estimate of drug-likeness (QED) is 0.803. The van der Waals surface area contributed by atoms with Crippen molar-refractivity contribution in [1.29, 1.82) is 0 Å². The molecule has 2 aromatic heterocycles. The molecule has 0 bridgehead atoms. The van der Waals surface area contributed by atoms with Gasteiger partial charge in [0.1, 0.15) is 5.82 Å². The number of hydrogen-bond acceptors (Lipinski definition) is 5. The maximum atomic E-state index is 10.4. The number of hydrogen-bond donors (Lipinski definition) is 2. The lowest BCUT2D eigenvalue weighted by Crippen LogP contribution is -2.09. The minimum absolute atomic E-state index is 0.00335. The molecule has 7 heteroatoms. The summed E-state index contributed by atoms with van der Waals surface area (Å²) in [6.07, 6.45) is 1.61. The Morgan fingerprint density at radius 2 is 2.29 bits per heavy atom. The molecular formula is C10H9ClN4O2. The van der Waals surface area contributed by atoms with E-state index in [1.165, 1.54) is 0 Å². The van der Waals surface area contributed by atoms with Crippen LogP contribution in [0.5, 0.6) is 0 Å². The van der Waals surface area contributed by atoms with Crippen molar-refractivity contribution in [1.82, 2.24) is 15.0 Å². The Hall–Kier alpha value is -1.95. The molecular weight excluding hydrogens is 244 g/mol. The molecule has 17 heavy (non-hydrogen) atoms. The molecule has 0 aromatic carbocycles. The molecule has 0 amide bonds. The summed E-state index contributed by atoms with van der Waals surface area (Å²) in [7, 11) is 0. The van der Waals surface area contributed by atoms with Gasteiger partial charge in [-0.1, -0.05) is 0 Å². The molecule has 0 unspecified atom stereocenters. The third-order valence-corrected chi connectivity index (χ3v) is 2.24. The smallest absolute Gasteiger partial charge is 0.305 e.